The largest absolute Gasteiger partial charge is 0.490 e. The van der Waals surface area contributed by atoms with Gasteiger partial charge in [-0.1, -0.05) is 56.3 Å². The second kappa shape index (κ2) is 12.3. The fraction of sp³-hybridized carbons (Fsp3) is 0.500. The Morgan fingerprint density at radius 3 is 2.25 bits per heavy atom. The van der Waals surface area contributed by atoms with E-state index in [0.717, 1.165) is 37.4 Å². The number of likely N-dealkylation sites (N-methyl/N-ethyl adjacent to an activating group) is 1. The summed E-state index contributed by atoms with van der Waals surface area (Å²) in [7, 11) is 0. The predicted octanol–water partition coefficient (Wildman–Crippen LogP) is 4.72. The van der Waals surface area contributed by atoms with Crippen LogP contribution in [0.25, 0.3) is 0 Å². The molecule has 2 amide bonds. The molecule has 32 heavy (non-hydrogen) atoms. The van der Waals surface area contributed by atoms with Gasteiger partial charge in [-0.05, 0) is 37.7 Å². The highest BCUT2D eigenvalue weighted by atomic mass is 16.5. The summed E-state index contributed by atoms with van der Waals surface area (Å²) in [6.45, 7) is 10.8. The maximum absolute atomic E-state index is 12.9. The highest BCUT2D eigenvalue weighted by Crippen LogP contribution is 2.29. The molecular formula is C26H37N3O3. The normalized spacial score (nSPS) is 15.4. The van der Waals surface area contributed by atoms with Crippen LogP contribution >= 0.6 is 0 Å². The van der Waals surface area contributed by atoms with Gasteiger partial charge in [0.15, 0.2) is 11.5 Å². The van der Waals surface area contributed by atoms with Gasteiger partial charge in [0.25, 0.3) is 0 Å². The summed E-state index contributed by atoms with van der Waals surface area (Å²) in [6.07, 6.45) is 1.71. The van der Waals surface area contributed by atoms with Gasteiger partial charge in [-0.2, -0.15) is 0 Å². The Morgan fingerprint density at radius 1 is 1.00 bits per heavy atom. The Hall–Kier alpha value is -2.73. The molecule has 1 N–H and O–H groups in total. The van der Waals surface area contributed by atoms with Crippen LogP contribution in [0.1, 0.15) is 45.2 Å². The summed E-state index contributed by atoms with van der Waals surface area (Å²) in [4.78, 5) is 17.2. The van der Waals surface area contributed by atoms with E-state index in [1.165, 1.54) is 5.56 Å². The highest BCUT2D eigenvalue weighted by molar-refractivity contribution is 5.74. The number of para-hydroxylation sites is 2. The Labute approximate surface area is 192 Å². The van der Waals surface area contributed by atoms with Crippen LogP contribution in [0.3, 0.4) is 0 Å². The molecule has 6 heteroatoms. The number of benzene rings is 2. The monoisotopic (exact) mass is 439 g/mol. The second-order valence-corrected chi connectivity index (χ2v) is 8.02. The van der Waals surface area contributed by atoms with Gasteiger partial charge in [0, 0.05) is 32.5 Å². The third-order valence-corrected chi connectivity index (χ3v) is 6.06. The third kappa shape index (κ3) is 6.39. The van der Waals surface area contributed by atoms with Crippen LogP contribution in [0.5, 0.6) is 11.5 Å². The van der Waals surface area contributed by atoms with Crippen molar-refractivity contribution in [2.45, 2.75) is 45.8 Å². The third-order valence-electron chi connectivity index (χ3n) is 6.06. The first-order chi connectivity index (χ1) is 15.7. The molecule has 174 valence electrons. The Balaban J connectivity index is 1.51. The van der Waals surface area contributed by atoms with Crippen LogP contribution in [-0.4, -0.2) is 61.3 Å². The Bertz CT molecular complexity index is 818. The lowest BCUT2D eigenvalue weighted by Gasteiger charge is -2.34. The topological polar surface area (TPSA) is 54.0 Å². The molecule has 1 heterocycles. The number of carbonyl (C=O) groups excluding carboxylic acids is 1. The van der Waals surface area contributed by atoms with Crippen molar-refractivity contribution in [2.24, 2.45) is 0 Å². The van der Waals surface area contributed by atoms with E-state index in [2.05, 4.69) is 48.3 Å². The van der Waals surface area contributed by atoms with Gasteiger partial charge in [0.05, 0.1) is 12.6 Å². The second-order valence-electron chi connectivity index (χ2n) is 8.02. The van der Waals surface area contributed by atoms with Crippen molar-refractivity contribution in [1.29, 1.82) is 0 Å². The summed E-state index contributed by atoms with van der Waals surface area (Å²) in [5.41, 5.74) is 1.23. The van der Waals surface area contributed by atoms with Crippen molar-refractivity contribution < 1.29 is 14.3 Å². The molecular weight excluding hydrogens is 402 g/mol. The number of urea groups is 1. The minimum Gasteiger partial charge on any atom is -0.490 e. The average molecular weight is 440 g/mol. The molecule has 1 saturated heterocycles. The van der Waals surface area contributed by atoms with E-state index in [0.29, 0.717) is 26.2 Å². The molecule has 1 fully saturated rings. The molecule has 2 aromatic rings. The summed E-state index contributed by atoms with van der Waals surface area (Å²) < 4.78 is 11.9. The van der Waals surface area contributed by atoms with Crippen LogP contribution in [-0.2, 0) is 0 Å². The number of likely N-dealkylation sites (tertiary alicyclic amines) is 1. The predicted molar refractivity (Wildman–Crippen MR) is 128 cm³/mol. The van der Waals surface area contributed by atoms with Gasteiger partial charge in [-0.15, -0.1) is 0 Å². The van der Waals surface area contributed by atoms with Crippen molar-refractivity contribution in [2.75, 3.05) is 39.3 Å². The molecule has 1 unspecified atom stereocenters. The molecule has 1 aliphatic rings. The zero-order chi connectivity index (χ0) is 22.8. The van der Waals surface area contributed by atoms with Crippen LogP contribution in [0.4, 0.5) is 4.79 Å². The summed E-state index contributed by atoms with van der Waals surface area (Å²) >= 11 is 0. The Kier molecular flexibility index (Phi) is 9.23. The van der Waals surface area contributed by atoms with Crippen LogP contribution < -0.4 is 14.8 Å². The van der Waals surface area contributed by atoms with Gasteiger partial charge in [0.2, 0.25) is 0 Å². The zero-order valence-electron chi connectivity index (χ0n) is 19.6. The number of nitrogens with one attached hydrogen (secondary N) is 1. The van der Waals surface area contributed by atoms with E-state index >= 15 is 0 Å². The van der Waals surface area contributed by atoms with E-state index in [9.17, 15) is 4.79 Å². The summed E-state index contributed by atoms with van der Waals surface area (Å²) in [5.74, 6) is 1.56. The van der Waals surface area contributed by atoms with Crippen molar-refractivity contribution >= 4 is 6.03 Å². The number of piperidine rings is 1. The molecule has 0 spiro atoms. The number of hydrogen-bond acceptors (Lipinski definition) is 4. The van der Waals surface area contributed by atoms with Gasteiger partial charge >= 0.3 is 6.03 Å². The van der Waals surface area contributed by atoms with Crippen molar-refractivity contribution in [3.8, 4) is 11.5 Å². The molecule has 0 bridgehead atoms. The van der Waals surface area contributed by atoms with Crippen molar-refractivity contribution in [3.63, 3.8) is 0 Å². The van der Waals surface area contributed by atoms with Crippen molar-refractivity contribution in [1.82, 2.24) is 15.1 Å². The lowest BCUT2D eigenvalue weighted by Crippen LogP contribution is -2.48. The first kappa shape index (κ1) is 23.9. The van der Waals surface area contributed by atoms with Gasteiger partial charge in [-0.25, -0.2) is 4.79 Å². The molecule has 0 saturated carbocycles. The van der Waals surface area contributed by atoms with Crippen LogP contribution in [0, 0.1) is 0 Å². The smallest absolute Gasteiger partial charge is 0.317 e. The molecule has 3 rings (SSSR count). The lowest BCUT2D eigenvalue weighted by atomic mass is 10.0. The molecule has 1 aliphatic heterocycles. The number of carbonyl (C=O) groups is 1. The SMILES string of the molecule is CCOc1ccccc1OC1CCN(C(=O)NCC(c2ccccc2)N(CC)CC)CC1. The molecule has 0 aromatic heterocycles. The average Bonchev–Trinajstić information content (AvgIpc) is 2.84. The first-order valence-electron chi connectivity index (χ1n) is 11.9. The van der Waals surface area contributed by atoms with Crippen LogP contribution in [0.15, 0.2) is 54.6 Å². The minimum absolute atomic E-state index is 0.00579. The quantitative estimate of drug-likeness (QED) is 0.582. The van der Waals surface area contributed by atoms with Gasteiger partial charge in [-0.3, -0.25) is 4.90 Å². The van der Waals surface area contributed by atoms with E-state index in [-0.39, 0.29) is 18.2 Å². The summed E-state index contributed by atoms with van der Waals surface area (Å²) in [5, 5.41) is 3.17. The molecule has 6 nitrogen and oxygen atoms in total. The Morgan fingerprint density at radius 2 is 1.62 bits per heavy atom. The molecule has 1 atom stereocenters. The van der Waals surface area contributed by atoms with Crippen molar-refractivity contribution in [3.05, 3.63) is 60.2 Å². The van der Waals surface area contributed by atoms with E-state index in [1.54, 1.807) is 0 Å². The number of rotatable bonds is 10. The number of ether oxygens (including phenoxy) is 2. The van der Waals surface area contributed by atoms with E-state index < -0.39 is 0 Å². The highest BCUT2D eigenvalue weighted by Gasteiger charge is 2.26. The van der Waals surface area contributed by atoms with Gasteiger partial charge in [0.1, 0.15) is 6.10 Å². The standard InChI is InChI=1S/C26H37N3O3/c1-4-28(5-2)23(21-12-8-7-9-13-21)20-27-26(30)29-18-16-22(17-19-29)32-25-15-11-10-14-24(25)31-6-3/h7-15,22-23H,4-6,16-20H2,1-3H3,(H,27,30). The number of amides is 2. The minimum atomic E-state index is 0.00579. The van der Waals surface area contributed by atoms with Gasteiger partial charge < -0.3 is 19.7 Å². The molecule has 2 aromatic carbocycles. The van der Waals surface area contributed by atoms with E-state index in [1.807, 2.05) is 42.2 Å². The summed E-state index contributed by atoms with van der Waals surface area (Å²) in [6, 6.07) is 18.4. The first-order valence-corrected chi connectivity index (χ1v) is 11.9. The molecule has 0 radical (unpaired) electrons. The van der Waals surface area contributed by atoms with Crippen LogP contribution in [0.2, 0.25) is 0 Å². The van der Waals surface area contributed by atoms with E-state index in [4.69, 9.17) is 9.47 Å². The maximum Gasteiger partial charge on any atom is 0.317 e. The zero-order valence-corrected chi connectivity index (χ0v) is 19.6. The lowest BCUT2D eigenvalue weighted by molar-refractivity contribution is 0.106. The maximum atomic E-state index is 12.9. The number of nitrogens with zero attached hydrogens (tertiary/aromatic N) is 2. The fourth-order valence-corrected chi connectivity index (χ4v) is 4.27. The molecule has 0 aliphatic carbocycles. The fourth-order valence-electron chi connectivity index (χ4n) is 4.27. The number of hydrogen-bond donors (Lipinski definition) is 1.